The third-order valence-corrected chi connectivity index (χ3v) is 4.40. The van der Waals surface area contributed by atoms with E-state index in [4.69, 9.17) is 5.11 Å². The molecule has 0 aromatic heterocycles. The van der Waals surface area contributed by atoms with Crippen molar-refractivity contribution in [3.8, 4) is 0 Å². The van der Waals surface area contributed by atoms with E-state index in [1.165, 1.54) is 11.1 Å². The summed E-state index contributed by atoms with van der Waals surface area (Å²) in [6, 6.07) is 18.1. The molecular weight excluding hydrogens is 298 g/mol. The van der Waals surface area contributed by atoms with Crippen LogP contribution in [0.25, 0.3) is 0 Å². The SMILES string of the molecule is Cc1ccccc1C(C)CC(=O)NC(CCCO)c1ccccc1. The minimum atomic E-state index is -0.0464. The summed E-state index contributed by atoms with van der Waals surface area (Å²) in [5, 5.41) is 12.2. The van der Waals surface area contributed by atoms with E-state index in [9.17, 15) is 4.79 Å². The standard InChI is InChI=1S/C21H27NO2/c1-16-9-6-7-12-19(16)17(2)15-21(24)22-20(13-8-14-23)18-10-4-3-5-11-18/h3-7,9-12,17,20,23H,8,13-15H2,1-2H3,(H,22,24). The summed E-state index contributed by atoms with van der Waals surface area (Å²) in [4.78, 5) is 12.5. The Morgan fingerprint density at radius 2 is 1.75 bits per heavy atom. The zero-order chi connectivity index (χ0) is 17.4. The molecule has 0 aliphatic rings. The van der Waals surface area contributed by atoms with Gasteiger partial charge >= 0.3 is 0 Å². The smallest absolute Gasteiger partial charge is 0.221 e. The molecule has 2 aromatic rings. The molecule has 2 rings (SSSR count). The van der Waals surface area contributed by atoms with E-state index in [0.717, 1.165) is 12.0 Å². The number of aryl methyl sites for hydroxylation is 1. The fraction of sp³-hybridized carbons (Fsp3) is 0.381. The van der Waals surface area contributed by atoms with Gasteiger partial charge in [0.1, 0.15) is 0 Å². The molecule has 1 amide bonds. The van der Waals surface area contributed by atoms with Crippen molar-refractivity contribution in [1.82, 2.24) is 5.32 Å². The van der Waals surface area contributed by atoms with Crippen molar-refractivity contribution in [3.05, 3.63) is 71.3 Å². The van der Waals surface area contributed by atoms with Gasteiger partial charge in [-0.1, -0.05) is 61.5 Å². The van der Waals surface area contributed by atoms with Crippen LogP contribution in [-0.2, 0) is 4.79 Å². The lowest BCUT2D eigenvalue weighted by atomic mass is 9.93. The van der Waals surface area contributed by atoms with Gasteiger partial charge in [0, 0.05) is 13.0 Å². The molecule has 24 heavy (non-hydrogen) atoms. The van der Waals surface area contributed by atoms with Gasteiger partial charge in [0.05, 0.1) is 6.04 Å². The highest BCUT2D eigenvalue weighted by molar-refractivity contribution is 5.77. The van der Waals surface area contributed by atoms with Gasteiger partial charge in [0.15, 0.2) is 0 Å². The number of aliphatic hydroxyl groups is 1. The molecule has 0 fully saturated rings. The van der Waals surface area contributed by atoms with Crippen LogP contribution in [0, 0.1) is 6.92 Å². The summed E-state index contributed by atoms with van der Waals surface area (Å²) in [6.07, 6.45) is 1.88. The van der Waals surface area contributed by atoms with E-state index in [1.807, 2.05) is 42.5 Å². The zero-order valence-electron chi connectivity index (χ0n) is 14.5. The van der Waals surface area contributed by atoms with Crippen molar-refractivity contribution in [3.63, 3.8) is 0 Å². The van der Waals surface area contributed by atoms with Crippen LogP contribution in [0.1, 0.15) is 54.8 Å². The minimum absolute atomic E-state index is 0.0464. The Kier molecular flexibility index (Phi) is 7.01. The predicted molar refractivity (Wildman–Crippen MR) is 97.9 cm³/mol. The van der Waals surface area contributed by atoms with Crippen molar-refractivity contribution in [1.29, 1.82) is 0 Å². The van der Waals surface area contributed by atoms with Gasteiger partial charge < -0.3 is 10.4 Å². The number of rotatable bonds is 8. The molecule has 3 heteroatoms. The van der Waals surface area contributed by atoms with E-state index in [2.05, 4.69) is 31.3 Å². The summed E-state index contributed by atoms with van der Waals surface area (Å²) in [5.74, 6) is 0.234. The molecule has 2 aromatic carbocycles. The third kappa shape index (κ3) is 5.20. The van der Waals surface area contributed by atoms with Crippen LogP contribution in [0.3, 0.4) is 0 Å². The average molecular weight is 325 g/mol. The highest BCUT2D eigenvalue weighted by atomic mass is 16.3. The molecule has 0 heterocycles. The Hall–Kier alpha value is -2.13. The number of carbonyl (C=O) groups excluding carboxylic acids is 1. The molecule has 0 bridgehead atoms. The summed E-state index contributed by atoms with van der Waals surface area (Å²) >= 11 is 0. The van der Waals surface area contributed by atoms with Gasteiger partial charge in [-0.3, -0.25) is 4.79 Å². The number of benzene rings is 2. The summed E-state index contributed by atoms with van der Waals surface area (Å²) in [7, 11) is 0. The fourth-order valence-corrected chi connectivity index (χ4v) is 3.08. The van der Waals surface area contributed by atoms with Gasteiger partial charge in [0.2, 0.25) is 5.91 Å². The monoisotopic (exact) mass is 325 g/mol. The number of amides is 1. The second-order valence-corrected chi connectivity index (χ2v) is 6.36. The highest BCUT2D eigenvalue weighted by Gasteiger charge is 2.17. The van der Waals surface area contributed by atoms with Crippen molar-refractivity contribution < 1.29 is 9.90 Å². The molecule has 2 N–H and O–H groups in total. The molecule has 0 aliphatic heterocycles. The predicted octanol–water partition coefficient (Wildman–Crippen LogP) is 4.12. The van der Waals surface area contributed by atoms with Crippen LogP contribution in [-0.4, -0.2) is 17.6 Å². The quantitative estimate of drug-likeness (QED) is 0.767. The Morgan fingerprint density at radius 3 is 2.42 bits per heavy atom. The maximum Gasteiger partial charge on any atom is 0.221 e. The van der Waals surface area contributed by atoms with Crippen molar-refractivity contribution in [2.24, 2.45) is 0 Å². The van der Waals surface area contributed by atoms with Crippen LogP contribution in [0.4, 0.5) is 0 Å². The molecule has 3 nitrogen and oxygen atoms in total. The van der Waals surface area contributed by atoms with E-state index >= 15 is 0 Å². The first-order valence-electron chi connectivity index (χ1n) is 8.62. The Morgan fingerprint density at radius 1 is 1.08 bits per heavy atom. The van der Waals surface area contributed by atoms with Gasteiger partial charge in [-0.15, -0.1) is 0 Å². The first kappa shape index (κ1) is 18.2. The second kappa shape index (κ2) is 9.24. The number of hydrogen-bond acceptors (Lipinski definition) is 2. The summed E-state index contributed by atoms with van der Waals surface area (Å²) < 4.78 is 0. The number of aliphatic hydroxyl groups excluding tert-OH is 1. The second-order valence-electron chi connectivity index (χ2n) is 6.36. The third-order valence-electron chi connectivity index (χ3n) is 4.40. The van der Waals surface area contributed by atoms with Crippen molar-refractivity contribution >= 4 is 5.91 Å². The average Bonchev–Trinajstić information content (AvgIpc) is 2.59. The van der Waals surface area contributed by atoms with E-state index in [-0.39, 0.29) is 24.5 Å². The maximum atomic E-state index is 12.5. The zero-order valence-corrected chi connectivity index (χ0v) is 14.5. The van der Waals surface area contributed by atoms with E-state index < -0.39 is 0 Å². The molecule has 2 unspecified atom stereocenters. The van der Waals surface area contributed by atoms with Crippen LogP contribution in [0.2, 0.25) is 0 Å². The van der Waals surface area contributed by atoms with Crippen LogP contribution in [0.5, 0.6) is 0 Å². The molecule has 0 radical (unpaired) electrons. The first-order valence-corrected chi connectivity index (χ1v) is 8.62. The Labute approximate surface area is 144 Å². The lowest BCUT2D eigenvalue weighted by Crippen LogP contribution is -2.29. The lowest BCUT2D eigenvalue weighted by molar-refractivity contribution is -0.122. The van der Waals surface area contributed by atoms with Crippen LogP contribution < -0.4 is 5.32 Å². The highest BCUT2D eigenvalue weighted by Crippen LogP contribution is 2.24. The molecule has 0 aliphatic carbocycles. The number of hydrogen-bond donors (Lipinski definition) is 2. The molecule has 0 spiro atoms. The van der Waals surface area contributed by atoms with Crippen molar-refractivity contribution in [2.75, 3.05) is 6.61 Å². The van der Waals surface area contributed by atoms with Crippen LogP contribution >= 0.6 is 0 Å². The molecule has 0 saturated carbocycles. The van der Waals surface area contributed by atoms with Crippen LogP contribution in [0.15, 0.2) is 54.6 Å². The number of carbonyl (C=O) groups is 1. The normalized spacial score (nSPS) is 13.3. The van der Waals surface area contributed by atoms with Gasteiger partial charge in [-0.25, -0.2) is 0 Å². The fourth-order valence-electron chi connectivity index (χ4n) is 3.08. The lowest BCUT2D eigenvalue weighted by Gasteiger charge is -2.21. The molecule has 128 valence electrons. The van der Waals surface area contributed by atoms with E-state index in [0.29, 0.717) is 12.8 Å². The maximum absolute atomic E-state index is 12.5. The molecular formula is C21H27NO2. The Bertz CT molecular complexity index is 639. The largest absolute Gasteiger partial charge is 0.396 e. The van der Waals surface area contributed by atoms with E-state index in [1.54, 1.807) is 0 Å². The summed E-state index contributed by atoms with van der Waals surface area (Å²) in [6.45, 7) is 4.31. The Balaban J connectivity index is 2.01. The minimum Gasteiger partial charge on any atom is -0.396 e. The molecule has 0 saturated heterocycles. The topological polar surface area (TPSA) is 49.3 Å². The molecule has 2 atom stereocenters. The number of nitrogens with one attached hydrogen (secondary N) is 1. The van der Waals surface area contributed by atoms with Gasteiger partial charge in [-0.2, -0.15) is 0 Å². The first-order chi connectivity index (χ1) is 11.6. The summed E-state index contributed by atoms with van der Waals surface area (Å²) in [5.41, 5.74) is 3.53. The van der Waals surface area contributed by atoms with Gasteiger partial charge in [0.25, 0.3) is 0 Å². The van der Waals surface area contributed by atoms with Gasteiger partial charge in [-0.05, 0) is 42.4 Å². The van der Waals surface area contributed by atoms with Crippen molar-refractivity contribution in [2.45, 2.75) is 45.1 Å².